The molecular formula is C20H21N5O4S2. The lowest BCUT2D eigenvalue weighted by Gasteiger charge is -2.07. The fraction of sp³-hybridized carbons (Fsp3) is 0.250. The number of thioether (sulfide) groups is 1. The van der Waals surface area contributed by atoms with Gasteiger partial charge in [-0.1, -0.05) is 42.1 Å². The van der Waals surface area contributed by atoms with Crippen LogP contribution in [-0.4, -0.2) is 44.9 Å². The first kappa shape index (κ1) is 22.5. The summed E-state index contributed by atoms with van der Waals surface area (Å²) in [5.41, 5.74) is 6.84. The van der Waals surface area contributed by atoms with Crippen LogP contribution >= 0.6 is 23.1 Å². The molecule has 0 spiro atoms. The molecule has 3 aromatic rings. The normalized spacial score (nSPS) is 10.7. The Balaban J connectivity index is 1.73. The Labute approximate surface area is 187 Å². The standard InChI is InChI=1S/C20H21N5O4S2/c1-4-29-19(28)14-11(2)15(16(21)27)31-18(14)22-13(26)10-30-20-24-23-17(25(20)3)12-8-6-5-7-9-12/h5-9H,4,10H2,1-3H3,(H2,21,27)(H,22,26). The van der Waals surface area contributed by atoms with Crippen LogP contribution in [0, 0.1) is 6.92 Å². The number of rotatable bonds is 8. The van der Waals surface area contributed by atoms with Crippen LogP contribution in [0.1, 0.15) is 32.5 Å². The highest BCUT2D eigenvalue weighted by Gasteiger charge is 2.25. The number of nitrogens with two attached hydrogens (primary N) is 1. The van der Waals surface area contributed by atoms with Gasteiger partial charge in [0.1, 0.15) is 5.00 Å². The Kier molecular flexibility index (Phi) is 7.08. The molecule has 0 unspecified atom stereocenters. The number of hydrogen-bond acceptors (Lipinski definition) is 8. The third-order valence-electron chi connectivity index (χ3n) is 4.30. The second-order valence-electron chi connectivity index (χ2n) is 6.41. The van der Waals surface area contributed by atoms with E-state index in [0.29, 0.717) is 16.5 Å². The van der Waals surface area contributed by atoms with Crippen molar-refractivity contribution in [3.63, 3.8) is 0 Å². The van der Waals surface area contributed by atoms with E-state index in [0.717, 1.165) is 16.9 Å². The van der Waals surface area contributed by atoms with Crippen molar-refractivity contribution in [2.45, 2.75) is 19.0 Å². The van der Waals surface area contributed by atoms with Crippen LogP contribution < -0.4 is 11.1 Å². The quantitative estimate of drug-likeness (QED) is 0.391. The molecule has 0 fully saturated rings. The Hall–Kier alpha value is -3.18. The van der Waals surface area contributed by atoms with Crippen LogP contribution in [0.4, 0.5) is 5.00 Å². The molecule has 0 aliphatic carbocycles. The third-order valence-corrected chi connectivity index (χ3v) is 6.54. The van der Waals surface area contributed by atoms with Gasteiger partial charge in [-0.3, -0.25) is 9.59 Å². The molecule has 31 heavy (non-hydrogen) atoms. The van der Waals surface area contributed by atoms with Crippen LogP contribution in [0.5, 0.6) is 0 Å². The number of anilines is 1. The maximum Gasteiger partial charge on any atom is 0.341 e. The second-order valence-corrected chi connectivity index (χ2v) is 8.38. The largest absolute Gasteiger partial charge is 0.462 e. The predicted molar refractivity (Wildman–Crippen MR) is 119 cm³/mol. The molecule has 0 radical (unpaired) electrons. The maximum absolute atomic E-state index is 12.5. The summed E-state index contributed by atoms with van der Waals surface area (Å²) in [6.45, 7) is 3.44. The lowest BCUT2D eigenvalue weighted by molar-refractivity contribution is -0.113. The summed E-state index contributed by atoms with van der Waals surface area (Å²) in [6.07, 6.45) is 0. The SMILES string of the molecule is CCOC(=O)c1c(NC(=O)CSc2nnc(-c3ccccc3)n2C)sc(C(N)=O)c1C. The number of carbonyl (C=O) groups excluding carboxylic acids is 3. The first-order chi connectivity index (χ1) is 14.8. The Bertz CT molecular complexity index is 1120. The minimum Gasteiger partial charge on any atom is -0.462 e. The van der Waals surface area contributed by atoms with E-state index < -0.39 is 11.9 Å². The summed E-state index contributed by atoms with van der Waals surface area (Å²) in [5, 5.41) is 11.8. The average molecular weight is 460 g/mol. The first-order valence-electron chi connectivity index (χ1n) is 9.31. The Morgan fingerprint density at radius 1 is 1.23 bits per heavy atom. The molecule has 3 rings (SSSR count). The van der Waals surface area contributed by atoms with E-state index in [9.17, 15) is 14.4 Å². The van der Waals surface area contributed by atoms with Gasteiger partial charge in [0.05, 0.1) is 22.8 Å². The second kappa shape index (κ2) is 9.75. The molecule has 2 amide bonds. The molecule has 1 aromatic carbocycles. The van der Waals surface area contributed by atoms with E-state index in [1.807, 2.05) is 37.4 Å². The molecule has 0 aliphatic heterocycles. The topological polar surface area (TPSA) is 129 Å². The van der Waals surface area contributed by atoms with Gasteiger partial charge in [0.15, 0.2) is 11.0 Å². The number of benzene rings is 1. The van der Waals surface area contributed by atoms with Crippen molar-refractivity contribution in [1.82, 2.24) is 14.8 Å². The summed E-state index contributed by atoms with van der Waals surface area (Å²) in [6, 6.07) is 9.60. The number of thiophene rings is 1. The number of nitrogens with zero attached hydrogens (tertiary/aromatic N) is 3. The Morgan fingerprint density at radius 3 is 2.58 bits per heavy atom. The molecule has 162 valence electrons. The number of aromatic nitrogens is 3. The molecule has 0 atom stereocenters. The zero-order valence-electron chi connectivity index (χ0n) is 17.2. The van der Waals surface area contributed by atoms with Crippen molar-refractivity contribution >= 4 is 45.9 Å². The molecule has 2 heterocycles. The molecular weight excluding hydrogens is 438 g/mol. The van der Waals surface area contributed by atoms with Crippen LogP contribution in [0.2, 0.25) is 0 Å². The van der Waals surface area contributed by atoms with E-state index in [4.69, 9.17) is 10.5 Å². The zero-order valence-corrected chi connectivity index (χ0v) is 18.8. The molecule has 0 saturated carbocycles. The summed E-state index contributed by atoms with van der Waals surface area (Å²) in [4.78, 5) is 36.7. The number of amides is 2. The summed E-state index contributed by atoms with van der Waals surface area (Å²) < 4.78 is 6.85. The van der Waals surface area contributed by atoms with Gasteiger partial charge in [-0.25, -0.2) is 4.79 Å². The van der Waals surface area contributed by atoms with Gasteiger partial charge in [-0.05, 0) is 19.4 Å². The number of ether oxygens (including phenoxy) is 1. The number of carbonyl (C=O) groups is 3. The highest BCUT2D eigenvalue weighted by atomic mass is 32.2. The van der Waals surface area contributed by atoms with E-state index in [1.54, 1.807) is 18.4 Å². The smallest absolute Gasteiger partial charge is 0.341 e. The van der Waals surface area contributed by atoms with E-state index in [-0.39, 0.29) is 33.7 Å². The zero-order chi connectivity index (χ0) is 22.5. The lowest BCUT2D eigenvalue weighted by atomic mass is 10.1. The minimum atomic E-state index is -0.671. The number of primary amides is 1. The highest BCUT2D eigenvalue weighted by molar-refractivity contribution is 7.99. The molecule has 0 saturated heterocycles. The van der Waals surface area contributed by atoms with Gasteiger partial charge in [0, 0.05) is 12.6 Å². The molecule has 9 nitrogen and oxygen atoms in total. The molecule has 11 heteroatoms. The maximum atomic E-state index is 12.5. The van der Waals surface area contributed by atoms with Crippen LogP contribution in [0.3, 0.4) is 0 Å². The molecule has 0 aliphatic rings. The lowest BCUT2D eigenvalue weighted by Crippen LogP contribution is -2.17. The van der Waals surface area contributed by atoms with Gasteiger partial charge >= 0.3 is 5.97 Å². The van der Waals surface area contributed by atoms with Crippen molar-refractivity contribution in [1.29, 1.82) is 0 Å². The summed E-state index contributed by atoms with van der Waals surface area (Å²) in [7, 11) is 1.82. The van der Waals surface area contributed by atoms with Gasteiger partial charge in [0.2, 0.25) is 5.91 Å². The van der Waals surface area contributed by atoms with Crippen LogP contribution in [0.15, 0.2) is 35.5 Å². The number of esters is 1. The fourth-order valence-corrected chi connectivity index (χ4v) is 4.63. The Morgan fingerprint density at radius 2 is 1.94 bits per heavy atom. The summed E-state index contributed by atoms with van der Waals surface area (Å²) >= 11 is 2.16. The van der Waals surface area contributed by atoms with Crippen molar-refractivity contribution in [2.75, 3.05) is 17.7 Å². The van der Waals surface area contributed by atoms with E-state index in [2.05, 4.69) is 15.5 Å². The molecule has 2 aromatic heterocycles. The fourth-order valence-electron chi connectivity index (χ4n) is 2.86. The van der Waals surface area contributed by atoms with Crippen molar-refractivity contribution in [3.8, 4) is 11.4 Å². The van der Waals surface area contributed by atoms with Crippen molar-refractivity contribution in [3.05, 3.63) is 46.3 Å². The average Bonchev–Trinajstić information content (AvgIpc) is 3.27. The van der Waals surface area contributed by atoms with Crippen LogP contribution in [0.25, 0.3) is 11.4 Å². The van der Waals surface area contributed by atoms with Gasteiger partial charge in [0.25, 0.3) is 5.91 Å². The van der Waals surface area contributed by atoms with Gasteiger partial charge in [-0.2, -0.15) is 0 Å². The number of nitrogens with one attached hydrogen (secondary N) is 1. The van der Waals surface area contributed by atoms with Gasteiger partial charge in [-0.15, -0.1) is 21.5 Å². The molecule has 0 bridgehead atoms. The summed E-state index contributed by atoms with van der Waals surface area (Å²) in [5.74, 6) is -0.931. The van der Waals surface area contributed by atoms with Gasteiger partial charge < -0.3 is 20.4 Å². The third kappa shape index (κ3) is 4.94. The predicted octanol–water partition coefficient (Wildman–Crippen LogP) is 2.86. The number of hydrogen-bond donors (Lipinski definition) is 2. The van der Waals surface area contributed by atoms with Crippen molar-refractivity contribution in [2.24, 2.45) is 12.8 Å². The monoisotopic (exact) mass is 459 g/mol. The highest BCUT2D eigenvalue weighted by Crippen LogP contribution is 2.34. The first-order valence-corrected chi connectivity index (χ1v) is 11.1. The minimum absolute atomic E-state index is 0.0336. The van der Waals surface area contributed by atoms with Crippen LogP contribution in [-0.2, 0) is 16.6 Å². The van der Waals surface area contributed by atoms with E-state index >= 15 is 0 Å². The van der Waals surface area contributed by atoms with Crippen molar-refractivity contribution < 1.29 is 19.1 Å². The van der Waals surface area contributed by atoms with E-state index in [1.165, 1.54) is 11.8 Å². The molecule has 3 N–H and O–H groups in total.